The summed E-state index contributed by atoms with van der Waals surface area (Å²) in [5, 5.41) is 8.71. The number of aromatic nitrogens is 2. The van der Waals surface area contributed by atoms with Crippen molar-refractivity contribution in [2.75, 3.05) is 6.54 Å². The highest BCUT2D eigenvalue weighted by molar-refractivity contribution is 6.30. The third kappa shape index (κ3) is 4.29. The Morgan fingerprint density at radius 2 is 2.00 bits per heavy atom. The predicted octanol–water partition coefficient (Wildman–Crippen LogP) is 3.34. The smallest absolute Gasteiger partial charge is 0.130 e. The number of likely N-dealkylation sites (N-methyl/N-ethyl adjacent to an activating group) is 1. The van der Waals surface area contributed by atoms with Gasteiger partial charge in [0.25, 0.3) is 0 Å². The quantitative estimate of drug-likeness (QED) is 0.824. The number of hydrogen-bond acceptors (Lipinski definition) is 2. The summed E-state index contributed by atoms with van der Waals surface area (Å²) in [5.41, 5.74) is 2.24. The van der Waals surface area contributed by atoms with Gasteiger partial charge in [0.05, 0.1) is 5.69 Å². The van der Waals surface area contributed by atoms with Crippen LogP contribution in [0.1, 0.15) is 44.9 Å². The lowest BCUT2D eigenvalue weighted by Gasteiger charge is -2.19. The van der Waals surface area contributed by atoms with Crippen molar-refractivity contribution in [3.05, 3.63) is 16.4 Å². The van der Waals surface area contributed by atoms with Crippen LogP contribution in [0.3, 0.4) is 0 Å². The largest absolute Gasteiger partial charge is 0.314 e. The topological polar surface area (TPSA) is 29.9 Å². The minimum Gasteiger partial charge on any atom is -0.314 e. The van der Waals surface area contributed by atoms with Gasteiger partial charge in [-0.05, 0) is 38.6 Å². The molecule has 1 rings (SSSR count). The van der Waals surface area contributed by atoms with E-state index in [9.17, 15) is 0 Å². The highest BCUT2D eigenvalue weighted by atomic mass is 35.5. The molecule has 0 spiro atoms. The van der Waals surface area contributed by atoms with Gasteiger partial charge in [-0.15, -0.1) is 0 Å². The fourth-order valence-corrected chi connectivity index (χ4v) is 2.50. The third-order valence-corrected chi connectivity index (χ3v) is 3.78. The lowest BCUT2D eigenvalue weighted by atomic mass is 9.98. The van der Waals surface area contributed by atoms with E-state index in [0.717, 1.165) is 29.7 Å². The number of rotatable bonds is 7. The monoisotopic (exact) mass is 271 g/mol. The maximum absolute atomic E-state index is 6.29. The van der Waals surface area contributed by atoms with Gasteiger partial charge in [0.1, 0.15) is 5.15 Å². The van der Waals surface area contributed by atoms with E-state index >= 15 is 0 Å². The van der Waals surface area contributed by atoms with Crippen molar-refractivity contribution in [2.24, 2.45) is 13.0 Å². The van der Waals surface area contributed by atoms with Crippen LogP contribution in [0.2, 0.25) is 5.15 Å². The van der Waals surface area contributed by atoms with Crippen molar-refractivity contribution >= 4 is 11.6 Å². The Morgan fingerprint density at radius 1 is 1.33 bits per heavy atom. The first kappa shape index (κ1) is 15.5. The van der Waals surface area contributed by atoms with Crippen LogP contribution >= 0.6 is 11.6 Å². The Kier molecular flexibility index (Phi) is 6.16. The Hall–Kier alpha value is -0.540. The van der Waals surface area contributed by atoms with Crippen LogP contribution < -0.4 is 5.32 Å². The normalized spacial score (nSPS) is 13.3. The molecule has 3 nitrogen and oxygen atoms in total. The average Bonchev–Trinajstić information content (AvgIpc) is 2.53. The summed E-state index contributed by atoms with van der Waals surface area (Å²) in [6, 6.07) is 0.498. The minimum atomic E-state index is 0.498. The second kappa shape index (κ2) is 7.15. The number of nitrogens with one attached hydrogen (secondary N) is 1. The standard InChI is InChI=1S/C14H26ClN3/c1-6-16-12(8-7-10(2)3)9-13-11(4)17-18(5)14(13)15/h10,12,16H,6-9H2,1-5H3. The van der Waals surface area contributed by atoms with Crippen LogP contribution in [0.15, 0.2) is 0 Å². The average molecular weight is 272 g/mol. The van der Waals surface area contributed by atoms with Gasteiger partial charge in [-0.2, -0.15) is 5.10 Å². The molecule has 1 atom stereocenters. The van der Waals surface area contributed by atoms with Crippen LogP contribution in [0.25, 0.3) is 0 Å². The van der Waals surface area contributed by atoms with Crippen molar-refractivity contribution in [3.63, 3.8) is 0 Å². The molecular formula is C14H26ClN3. The molecule has 104 valence electrons. The zero-order valence-electron chi connectivity index (χ0n) is 12.3. The maximum atomic E-state index is 6.29. The van der Waals surface area contributed by atoms with E-state index in [0.29, 0.717) is 6.04 Å². The molecule has 1 aromatic rings. The molecule has 1 unspecified atom stereocenters. The lowest BCUT2D eigenvalue weighted by Crippen LogP contribution is -2.31. The van der Waals surface area contributed by atoms with E-state index in [1.807, 2.05) is 14.0 Å². The summed E-state index contributed by atoms with van der Waals surface area (Å²) in [5.74, 6) is 0.747. The van der Waals surface area contributed by atoms with Crippen molar-refractivity contribution < 1.29 is 0 Å². The van der Waals surface area contributed by atoms with Gasteiger partial charge in [0.2, 0.25) is 0 Å². The molecular weight excluding hydrogens is 246 g/mol. The Balaban J connectivity index is 2.70. The van der Waals surface area contributed by atoms with E-state index in [-0.39, 0.29) is 0 Å². The minimum absolute atomic E-state index is 0.498. The fraction of sp³-hybridized carbons (Fsp3) is 0.786. The van der Waals surface area contributed by atoms with Gasteiger partial charge in [0.15, 0.2) is 0 Å². The van der Waals surface area contributed by atoms with Crippen LogP contribution in [0.4, 0.5) is 0 Å². The molecule has 1 heterocycles. The molecule has 0 aliphatic heterocycles. The first-order valence-corrected chi connectivity index (χ1v) is 7.24. The molecule has 0 saturated heterocycles. The van der Waals surface area contributed by atoms with E-state index in [1.54, 1.807) is 4.68 Å². The van der Waals surface area contributed by atoms with Gasteiger partial charge in [0, 0.05) is 18.7 Å². The van der Waals surface area contributed by atoms with Crippen LogP contribution in [-0.2, 0) is 13.5 Å². The van der Waals surface area contributed by atoms with E-state index < -0.39 is 0 Å². The molecule has 0 aliphatic carbocycles. The fourth-order valence-electron chi connectivity index (χ4n) is 2.25. The van der Waals surface area contributed by atoms with Gasteiger partial charge in [-0.25, -0.2) is 0 Å². The van der Waals surface area contributed by atoms with E-state index in [1.165, 1.54) is 18.4 Å². The van der Waals surface area contributed by atoms with Crippen LogP contribution in [0.5, 0.6) is 0 Å². The summed E-state index contributed by atoms with van der Waals surface area (Å²) in [6.45, 7) is 9.73. The molecule has 4 heteroatoms. The maximum Gasteiger partial charge on any atom is 0.130 e. The molecule has 1 aromatic heterocycles. The van der Waals surface area contributed by atoms with Gasteiger partial charge in [-0.1, -0.05) is 32.4 Å². The van der Waals surface area contributed by atoms with Crippen LogP contribution in [-0.4, -0.2) is 22.4 Å². The summed E-state index contributed by atoms with van der Waals surface area (Å²) in [4.78, 5) is 0. The van der Waals surface area contributed by atoms with Gasteiger partial charge >= 0.3 is 0 Å². The van der Waals surface area contributed by atoms with E-state index in [2.05, 4.69) is 31.2 Å². The highest BCUT2D eigenvalue weighted by Gasteiger charge is 2.16. The van der Waals surface area contributed by atoms with E-state index in [4.69, 9.17) is 11.6 Å². The molecule has 0 bridgehead atoms. The first-order valence-electron chi connectivity index (χ1n) is 6.87. The van der Waals surface area contributed by atoms with Gasteiger partial charge < -0.3 is 5.32 Å². The zero-order valence-corrected chi connectivity index (χ0v) is 13.0. The highest BCUT2D eigenvalue weighted by Crippen LogP contribution is 2.22. The van der Waals surface area contributed by atoms with Crippen LogP contribution in [0, 0.1) is 12.8 Å². The summed E-state index contributed by atoms with van der Waals surface area (Å²) in [7, 11) is 1.90. The number of aryl methyl sites for hydroxylation is 2. The van der Waals surface area contributed by atoms with Crippen molar-refractivity contribution in [1.82, 2.24) is 15.1 Å². The Labute approximate surface area is 116 Å². The predicted molar refractivity (Wildman–Crippen MR) is 78.2 cm³/mol. The first-order chi connectivity index (χ1) is 8.45. The molecule has 0 fully saturated rings. The zero-order chi connectivity index (χ0) is 13.7. The Morgan fingerprint density at radius 3 is 2.44 bits per heavy atom. The second-order valence-electron chi connectivity index (χ2n) is 5.41. The summed E-state index contributed by atoms with van der Waals surface area (Å²) in [6.07, 6.45) is 3.41. The molecule has 0 amide bonds. The van der Waals surface area contributed by atoms with Crippen molar-refractivity contribution in [3.8, 4) is 0 Å². The Bertz CT molecular complexity index is 371. The van der Waals surface area contributed by atoms with Crippen molar-refractivity contribution in [1.29, 1.82) is 0 Å². The SMILES string of the molecule is CCNC(CCC(C)C)Cc1c(C)nn(C)c1Cl. The lowest BCUT2D eigenvalue weighted by molar-refractivity contribution is 0.434. The molecule has 0 saturated carbocycles. The molecule has 0 aromatic carbocycles. The molecule has 18 heavy (non-hydrogen) atoms. The summed E-state index contributed by atoms with van der Waals surface area (Å²) < 4.78 is 1.76. The molecule has 0 aliphatic rings. The summed E-state index contributed by atoms with van der Waals surface area (Å²) >= 11 is 6.29. The molecule has 1 N–H and O–H groups in total. The third-order valence-electron chi connectivity index (χ3n) is 3.31. The van der Waals surface area contributed by atoms with Crippen molar-refractivity contribution in [2.45, 2.75) is 53.0 Å². The number of halogens is 1. The number of nitrogens with zero attached hydrogens (tertiary/aromatic N) is 2. The second-order valence-corrected chi connectivity index (χ2v) is 5.77. The number of hydrogen-bond donors (Lipinski definition) is 1. The molecule has 0 radical (unpaired) electrons. The van der Waals surface area contributed by atoms with Gasteiger partial charge in [-0.3, -0.25) is 4.68 Å².